The van der Waals surface area contributed by atoms with E-state index >= 15 is 0 Å². The van der Waals surface area contributed by atoms with Crippen molar-refractivity contribution in [1.29, 1.82) is 0 Å². The maximum atomic E-state index is 14.2. The van der Waals surface area contributed by atoms with Crippen molar-refractivity contribution in [2.75, 3.05) is 49.9 Å². The average molecular weight is 782 g/mol. The number of aliphatic hydroxyl groups is 1. The van der Waals surface area contributed by atoms with Gasteiger partial charge in [0.2, 0.25) is 17.7 Å². The van der Waals surface area contributed by atoms with Crippen LogP contribution in [0.25, 0.3) is 21.7 Å². The summed E-state index contributed by atoms with van der Waals surface area (Å²) in [5, 5.41) is 25.1. The molecule has 0 saturated carbocycles. The molecule has 0 radical (unpaired) electrons. The Morgan fingerprint density at radius 1 is 0.982 bits per heavy atom. The fraction of sp³-hybridized carbons (Fsp3) is 0.439. The number of thiazole rings is 1. The van der Waals surface area contributed by atoms with Crippen LogP contribution >= 0.6 is 11.3 Å². The highest BCUT2D eigenvalue weighted by atomic mass is 32.1. The first-order chi connectivity index (χ1) is 26.6. The summed E-state index contributed by atoms with van der Waals surface area (Å²) in [6.45, 7) is 13.3. The van der Waals surface area contributed by atoms with Gasteiger partial charge in [0.25, 0.3) is 0 Å². The van der Waals surface area contributed by atoms with Crippen molar-refractivity contribution in [3.05, 3.63) is 76.9 Å². The molecule has 56 heavy (non-hydrogen) atoms. The summed E-state index contributed by atoms with van der Waals surface area (Å²) in [5.74, 6) is -0.824. The number of amides is 3. The fourth-order valence-corrected chi connectivity index (χ4v) is 8.07. The number of β-amino-alcohol motifs (C(OH)–C–C–N with tert-alkyl or cyclic N) is 1. The highest BCUT2D eigenvalue weighted by Gasteiger charge is 2.45. The molecule has 14 nitrogen and oxygen atoms in total. The molecule has 2 saturated heterocycles. The number of Topliss-reactive ketones (excluding diaryl/α,β-unsaturated/α-hetero) is 1. The number of piperazine rings is 1. The third kappa shape index (κ3) is 9.23. The maximum absolute atomic E-state index is 14.2. The summed E-state index contributed by atoms with van der Waals surface area (Å²) < 4.78 is 0. The lowest BCUT2D eigenvalue weighted by molar-refractivity contribution is -0.144. The summed E-state index contributed by atoms with van der Waals surface area (Å²) in [4.78, 5) is 64.3. The van der Waals surface area contributed by atoms with Crippen molar-refractivity contribution >= 4 is 46.3 Å². The minimum absolute atomic E-state index is 0.00448. The Hall–Kier alpha value is -5.25. The Morgan fingerprint density at radius 2 is 1.70 bits per heavy atom. The van der Waals surface area contributed by atoms with Crippen LogP contribution in [0.4, 0.5) is 11.5 Å². The van der Waals surface area contributed by atoms with Gasteiger partial charge in [-0.15, -0.1) is 21.5 Å². The number of carbonyl (C=O) groups is 4. The van der Waals surface area contributed by atoms with E-state index in [-0.39, 0.29) is 43.1 Å². The first kappa shape index (κ1) is 40.4. The molecule has 0 unspecified atom stereocenters. The van der Waals surface area contributed by atoms with Crippen LogP contribution in [0.5, 0.6) is 0 Å². The van der Waals surface area contributed by atoms with E-state index in [0.29, 0.717) is 43.3 Å². The molecular formula is C41H51N9O5S. The molecule has 2 aromatic heterocycles. The van der Waals surface area contributed by atoms with E-state index < -0.39 is 29.5 Å². The van der Waals surface area contributed by atoms with Crippen LogP contribution in [0.1, 0.15) is 68.7 Å². The number of nitrogens with one attached hydrogen (secondary N) is 2. The lowest BCUT2D eigenvalue weighted by Crippen LogP contribution is -2.59. The monoisotopic (exact) mass is 781 g/mol. The second kappa shape index (κ2) is 16.9. The van der Waals surface area contributed by atoms with E-state index in [1.165, 1.54) is 11.8 Å². The molecule has 6 rings (SSSR count). The summed E-state index contributed by atoms with van der Waals surface area (Å²) >= 11 is 1.58. The summed E-state index contributed by atoms with van der Waals surface area (Å²) in [5.41, 5.74) is 13.0. The first-order valence-corrected chi connectivity index (χ1v) is 19.8. The number of ketones is 1. The Morgan fingerprint density at radius 3 is 2.34 bits per heavy atom. The van der Waals surface area contributed by atoms with Gasteiger partial charge in [-0.05, 0) is 49.4 Å². The van der Waals surface area contributed by atoms with E-state index in [9.17, 15) is 24.3 Å². The van der Waals surface area contributed by atoms with Crippen molar-refractivity contribution < 1.29 is 24.3 Å². The largest absolute Gasteiger partial charge is 0.391 e. The number of aromatic nitrogens is 3. The third-order valence-electron chi connectivity index (χ3n) is 10.5. The number of nitrogens with two attached hydrogens (primary N) is 1. The molecule has 2 aliphatic rings. The molecule has 4 atom stereocenters. The summed E-state index contributed by atoms with van der Waals surface area (Å²) in [6, 6.07) is 14.9. The molecule has 5 N–H and O–H groups in total. The van der Waals surface area contributed by atoms with Crippen LogP contribution in [0.3, 0.4) is 0 Å². The number of benzene rings is 2. The molecule has 0 aliphatic carbocycles. The number of hydrogen-bond donors (Lipinski definition) is 4. The van der Waals surface area contributed by atoms with Gasteiger partial charge in [-0.1, -0.05) is 63.2 Å². The number of aliphatic hydroxyl groups excluding tert-OH is 1. The zero-order valence-electron chi connectivity index (χ0n) is 32.8. The van der Waals surface area contributed by atoms with Crippen LogP contribution in [0, 0.1) is 12.3 Å². The first-order valence-electron chi connectivity index (χ1n) is 18.9. The van der Waals surface area contributed by atoms with Gasteiger partial charge in [0, 0.05) is 50.3 Å². The van der Waals surface area contributed by atoms with Crippen LogP contribution < -0.4 is 21.3 Å². The Balaban J connectivity index is 1.05. The van der Waals surface area contributed by atoms with Crippen molar-refractivity contribution in [3.63, 3.8) is 0 Å². The smallest absolute Gasteiger partial charge is 0.246 e. The number of nitrogens with zero attached hydrogens (tertiary/aromatic N) is 6. The van der Waals surface area contributed by atoms with Crippen LogP contribution in [-0.2, 0) is 14.4 Å². The average Bonchev–Trinajstić information content (AvgIpc) is 3.79. The maximum Gasteiger partial charge on any atom is 0.246 e. The zero-order valence-corrected chi connectivity index (χ0v) is 33.6. The lowest BCUT2D eigenvalue weighted by atomic mass is 9.85. The molecular weight excluding hydrogens is 731 g/mol. The van der Waals surface area contributed by atoms with Gasteiger partial charge >= 0.3 is 0 Å². The molecule has 0 bridgehead atoms. The van der Waals surface area contributed by atoms with E-state index in [1.807, 2.05) is 87.5 Å². The Labute approximate surface area is 331 Å². The van der Waals surface area contributed by atoms with Gasteiger partial charge < -0.3 is 31.3 Å². The summed E-state index contributed by atoms with van der Waals surface area (Å²) in [7, 11) is 0. The van der Waals surface area contributed by atoms with Gasteiger partial charge in [0.05, 0.1) is 46.2 Å². The normalized spacial score (nSPS) is 18.7. The quantitative estimate of drug-likeness (QED) is 0.162. The SMILES string of the molecule is CC(=O)c1cccc(-c2cc(N3CCN(CC(=O)N[C@H](C(=O)N4C[C@H](O)C[C@H]4C(=O)N[C@@H](C)c4ccc(-c5scnc5C)cc4)C(C)(C)C)CC3)c(N)nn2)c1. The number of likely N-dealkylation sites (tertiary alicyclic amines) is 1. The van der Waals surface area contributed by atoms with Crippen LogP contribution in [-0.4, -0.2) is 111 Å². The van der Waals surface area contributed by atoms with E-state index in [1.54, 1.807) is 23.5 Å². The van der Waals surface area contributed by atoms with Crippen molar-refractivity contribution in [2.45, 2.75) is 72.2 Å². The second-order valence-electron chi connectivity index (χ2n) is 15.8. The molecule has 2 aromatic carbocycles. The number of hydrogen-bond acceptors (Lipinski definition) is 12. The minimum atomic E-state index is -0.931. The molecule has 2 fully saturated rings. The number of anilines is 2. The van der Waals surface area contributed by atoms with Gasteiger partial charge in [-0.2, -0.15) is 0 Å². The molecule has 3 amide bonds. The highest BCUT2D eigenvalue weighted by Crippen LogP contribution is 2.31. The molecule has 4 aromatic rings. The Bertz CT molecular complexity index is 2070. The topological polar surface area (TPSA) is 187 Å². The van der Waals surface area contributed by atoms with Crippen LogP contribution in [0.2, 0.25) is 0 Å². The van der Waals surface area contributed by atoms with E-state index in [2.05, 4.69) is 30.7 Å². The third-order valence-corrected chi connectivity index (χ3v) is 11.5. The molecule has 2 aliphatic heterocycles. The molecule has 15 heteroatoms. The lowest BCUT2D eigenvalue weighted by Gasteiger charge is -2.38. The molecule has 296 valence electrons. The zero-order chi connectivity index (χ0) is 40.3. The van der Waals surface area contributed by atoms with Crippen molar-refractivity contribution in [1.82, 2.24) is 35.6 Å². The molecule has 0 spiro atoms. The standard InChI is InChI=1S/C41H51N9O5S/c1-24(27-10-12-28(13-11-27)36-25(2)43-23-56-36)44-39(54)34-19-31(52)21-50(34)40(55)37(41(4,5)6)45-35(53)22-48-14-16-49(17-15-48)33-20-32(46-47-38(33)42)30-9-7-8-29(18-30)26(3)51/h7-13,18,20,23-24,31,34,37,52H,14-17,19,21-22H2,1-6H3,(H2,42,47)(H,44,54)(H,45,53)/t24-,31+,34-,37+/m0/s1. The minimum Gasteiger partial charge on any atom is -0.391 e. The van der Waals surface area contributed by atoms with Gasteiger partial charge in [0.1, 0.15) is 12.1 Å². The Kier molecular flexibility index (Phi) is 12.2. The predicted octanol–water partition coefficient (Wildman–Crippen LogP) is 3.85. The number of carbonyl (C=O) groups excluding carboxylic acids is 4. The number of aryl methyl sites for hydroxylation is 1. The number of rotatable bonds is 11. The summed E-state index contributed by atoms with van der Waals surface area (Å²) in [6.07, 6.45) is -0.766. The van der Waals surface area contributed by atoms with Gasteiger partial charge in [-0.25, -0.2) is 4.98 Å². The van der Waals surface area contributed by atoms with Crippen LogP contribution in [0.15, 0.2) is 60.1 Å². The second-order valence-corrected chi connectivity index (χ2v) is 16.6. The predicted molar refractivity (Wildman–Crippen MR) is 217 cm³/mol. The molecule has 4 heterocycles. The van der Waals surface area contributed by atoms with E-state index in [0.717, 1.165) is 32.9 Å². The fourth-order valence-electron chi connectivity index (χ4n) is 7.26. The van der Waals surface area contributed by atoms with E-state index in [4.69, 9.17) is 5.73 Å². The van der Waals surface area contributed by atoms with Crippen molar-refractivity contribution in [2.24, 2.45) is 5.41 Å². The highest BCUT2D eigenvalue weighted by molar-refractivity contribution is 7.13. The van der Waals surface area contributed by atoms with Crippen molar-refractivity contribution in [3.8, 4) is 21.7 Å². The number of nitrogen functional groups attached to an aromatic ring is 1. The van der Waals surface area contributed by atoms with Gasteiger partial charge in [-0.3, -0.25) is 24.1 Å². The van der Waals surface area contributed by atoms with Gasteiger partial charge in [0.15, 0.2) is 11.6 Å².